The van der Waals surface area contributed by atoms with E-state index in [0.717, 1.165) is 5.69 Å². The van der Waals surface area contributed by atoms with E-state index in [0.29, 0.717) is 21.1 Å². The predicted octanol–water partition coefficient (Wildman–Crippen LogP) is 3.38. The summed E-state index contributed by atoms with van der Waals surface area (Å²) in [7, 11) is 0. The lowest BCUT2D eigenvalue weighted by Crippen LogP contribution is -2.00. The Morgan fingerprint density at radius 3 is 2.60 bits per heavy atom. The van der Waals surface area contributed by atoms with Gasteiger partial charge in [-0.2, -0.15) is 5.26 Å². The fraction of sp³-hybridized carbons (Fsp3) is 0. The lowest BCUT2D eigenvalue weighted by molar-refractivity contribution is 0.622. The van der Waals surface area contributed by atoms with E-state index >= 15 is 0 Å². The predicted molar refractivity (Wildman–Crippen MR) is 77.9 cm³/mol. The van der Waals surface area contributed by atoms with E-state index in [1.54, 1.807) is 34.9 Å². The van der Waals surface area contributed by atoms with Crippen molar-refractivity contribution in [3.05, 3.63) is 52.3 Å². The van der Waals surface area contributed by atoms with Crippen molar-refractivity contribution in [2.45, 2.75) is 0 Å². The third-order valence-corrected chi connectivity index (χ3v) is 3.58. The summed E-state index contributed by atoms with van der Waals surface area (Å²) >= 11 is 3.12. The van der Waals surface area contributed by atoms with Crippen LogP contribution in [0.5, 0.6) is 0 Å². The van der Waals surface area contributed by atoms with Crippen molar-refractivity contribution in [2.24, 2.45) is 0 Å². The molecule has 0 fully saturated rings. The van der Waals surface area contributed by atoms with Crippen molar-refractivity contribution in [1.29, 1.82) is 5.26 Å². The van der Waals surface area contributed by atoms with Gasteiger partial charge in [-0.3, -0.25) is 4.57 Å². The van der Waals surface area contributed by atoms with Crippen LogP contribution in [-0.4, -0.2) is 9.55 Å². The quantitative estimate of drug-likeness (QED) is 0.743. The summed E-state index contributed by atoms with van der Waals surface area (Å²) < 4.78 is 15.7. The smallest absolute Gasteiger partial charge is 0.205 e. The van der Waals surface area contributed by atoms with Gasteiger partial charge in [0.1, 0.15) is 5.82 Å². The fourth-order valence-corrected chi connectivity index (χ4v) is 2.38. The number of imidazole rings is 1. The molecule has 0 atom stereocenters. The minimum atomic E-state index is -0.382. The second kappa shape index (κ2) is 4.62. The Morgan fingerprint density at radius 2 is 1.95 bits per heavy atom. The van der Waals surface area contributed by atoms with Gasteiger partial charge in [-0.1, -0.05) is 0 Å². The van der Waals surface area contributed by atoms with Gasteiger partial charge in [-0.05, 0) is 46.3 Å². The lowest BCUT2D eigenvalue weighted by Gasteiger charge is -2.06. The third kappa shape index (κ3) is 1.92. The Bertz CT molecular complexity index is 846. The zero-order chi connectivity index (χ0) is 14.3. The van der Waals surface area contributed by atoms with Crippen LogP contribution in [0.4, 0.5) is 10.3 Å². The van der Waals surface area contributed by atoms with E-state index in [2.05, 4.69) is 20.9 Å². The van der Waals surface area contributed by atoms with E-state index in [1.165, 1.54) is 6.07 Å². The van der Waals surface area contributed by atoms with Crippen LogP contribution in [0, 0.1) is 17.1 Å². The highest BCUT2D eigenvalue weighted by Gasteiger charge is 2.13. The molecule has 0 unspecified atom stereocenters. The molecule has 0 saturated heterocycles. The number of halogens is 2. The van der Waals surface area contributed by atoms with Gasteiger partial charge in [-0.25, -0.2) is 9.37 Å². The van der Waals surface area contributed by atoms with Gasteiger partial charge < -0.3 is 5.73 Å². The van der Waals surface area contributed by atoms with Crippen LogP contribution in [0.1, 0.15) is 5.56 Å². The van der Waals surface area contributed by atoms with Gasteiger partial charge >= 0.3 is 0 Å². The molecule has 0 aliphatic heterocycles. The number of nitriles is 1. The molecule has 0 amide bonds. The number of benzene rings is 2. The molecule has 3 aromatic rings. The van der Waals surface area contributed by atoms with E-state index in [1.807, 2.05) is 6.07 Å². The molecule has 0 spiro atoms. The average molecular weight is 331 g/mol. The molecular formula is C14H8BrFN4. The normalized spacial score (nSPS) is 10.7. The fourth-order valence-electron chi connectivity index (χ4n) is 2.05. The van der Waals surface area contributed by atoms with E-state index in [9.17, 15) is 4.39 Å². The van der Waals surface area contributed by atoms with Gasteiger partial charge in [-0.15, -0.1) is 0 Å². The van der Waals surface area contributed by atoms with Crippen LogP contribution >= 0.6 is 15.9 Å². The standard InChI is InChI=1S/C14H8BrFN4/c15-10-5-12-13(6-11(10)16)20(14(18)19-12)9-3-1-8(7-17)2-4-9/h1-6H,(H2,18,19). The lowest BCUT2D eigenvalue weighted by atomic mass is 10.2. The van der Waals surface area contributed by atoms with E-state index in [-0.39, 0.29) is 11.8 Å². The summed E-state index contributed by atoms with van der Waals surface area (Å²) in [6, 6.07) is 11.9. The summed E-state index contributed by atoms with van der Waals surface area (Å²) in [6.45, 7) is 0. The number of anilines is 1. The van der Waals surface area contributed by atoms with Crippen molar-refractivity contribution in [1.82, 2.24) is 9.55 Å². The number of nitrogens with two attached hydrogens (primary N) is 1. The molecule has 0 saturated carbocycles. The van der Waals surface area contributed by atoms with Crippen LogP contribution < -0.4 is 5.73 Å². The Kier molecular flexibility index (Phi) is 2.92. The molecule has 6 heteroatoms. The molecular weight excluding hydrogens is 323 g/mol. The third-order valence-electron chi connectivity index (χ3n) is 2.98. The number of nitrogen functional groups attached to an aromatic ring is 1. The summed E-state index contributed by atoms with van der Waals surface area (Å²) in [5.74, 6) is -0.116. The average Bonchev–Trinajstić information content (AvgIpc) is 2.75. The topological polar surface area (TPSA) is 67.6 Å². The molecule has 1 aromatic heterocycles. The number of nitrogens with zero attached hydrogens (tertiary/aromatic N) is 3. The Labute approximate surface area is 122 Å². The highest BCUT2D eigenvalue weighted by molar-refractivity contribution is 9.10. The van der Waals surface area contributed by atoms with Crippen molar-refractivity contribution >= 4 is 32.9 Å². The zero-order valence-electron chi connectivity index (χ0n) is 10.1. The van der Waals surface area contributed by atoms with Crippen molar-refractivity contribution in [3.8, 4) is 11.8 Å². The molecule has 2 aromatic carbocycles. The Balaban J connectivity index is 2.27. The number of hydrogen-bond acceptors (Lipinski definition) is 3. The summed E-state index contributed by atoms with van der Waals surface area (Å²) in [5.41, 5.74) is 8.35. The van der Waals surface area contributed by atoms with Crippen LogP contribution in [0.25, 0.3) is 16.7 Å². The maximum Gasteiger partial charge on any atom is 0.205 e. The molecule has 1 heterocycles. The molecule has 0 bridgehead atoms. The minimum Gasteiger partial charge on any atom is -0.369 e. The maximum atomic E-state index is 13.7. The zero-order valence-corrected chi connectivity index (χ0v) is 11.7. The van der Waals surface area contributed by atoms with Crippen molar-refractivity contribution < 1.29 is 4.39 Å². The summed E-state index contributed by atoms with van der Waals surface area (Å²) in [4.78, 5) is 4.21. The first-order chi connectivity index (χ1) is 9.60. The van der Waals surface area contributed by atoms with Gasteiger partial charge in [0.25, 0.3) is 0 Å². The first-order valence-electron chi connectivity index (χ1n) is 5.73. The SMILES string of the molecule is N#Cc1ccc(-n2c(N)nc3cc(Br)c(F)cc32)cc1. The highest BCUT2D eigenvalue weighted by Crippen LogP contribution is 2.27. The van der Waals surface area contributed by atoms with Crippen molar-refractivity contribution in [3.63, 3.8) is 0 Å². The minimum absolute atomic E-state index is 0.266. The summed E-state index contributed by atoms with van der Waals surface area (Å²) in [6.07, 6.45) is 0. The molecule has 3 rings (SSSR count). The monoisotopic (exact) mass is 330 g/mol. The molecule has 98 valence electrons. The molecule has 0 aliphatic rings. The first-order valence-corrected chi connectivity index (χ1v) is 6.53. The second-order valence-corrected chi connectivity index (χ2v) is 5.07. The van der Waals surface area contributed by atoms with Crippen LogP contribution in [0.3, 0.4) is 0 Å². The maximum absolute atomic E-state index is 13.7. The number of aromatic nitrogens is 2. The molecule has 0 radical (unpaired) electrons. The van der Waals surface area contributed by atoms with Gasteiger partial charge in [0, 0.05) is 11.8 Å². The first kappa shape index (κ1) is 12.6. The van der Waals surface area contributed by atoms with Crippen molar-refractivity contribution in [2.75, 3.05) is 5.73 Å². The molecule has 0 aliphatic carbocycles. The van der Waals surface area contributed by atoms with E-state index < -0.39 is 0 Å². The van der Waals surface area contributed by atoms with E-state index in [4.69, 9.17) is 11.0 Å². The van der Waals surface area contributed by atoms with Crippen LogP contribution in [-0.2, 0) is 0 Å². The van der Waals surface area contributed by atoms with Gasteiger partial charge in [0.15, 0.2) is 0 Å². The highest BCUT2D eigenvalue weighted by atomic mass is 79.9. The van der Waals surface area contributed by atoms with Crippen LogP contribution in [0.15, 0.2) is 40.9 Å². The number of fused-ring (bicyclic) bond motifs is 1. The summed E-state index contributed by atoms with van der Waals surface area (Å²) in [5, 5.41) is 8.80. The van der Waals surface area contributed by atoms with Gasteiger partial charge in [0.2, 0.25) is 5.95 Å². The largest absolute Gasteiger partial charge is 0.369 e. The molecule has 20 heavy (non-hydrogen) atoms. The molecule has 4 nitrogen and oxygen atoms in total. The Hall–Kier alpha value is -2.39. The number of hydrogen-bond donors (Lipinski definition) is 1. The number of rotatable bonds is 1. The second-order valence-electron chi connectivity index (χ2n) is 4.22. The Morgan fingerprint density at radius 1 is 1.25 bits per heavy atom. The molecule has 2 N–H and O–H groups in total. The van der Waals surface area contributed by atoms with Gasteiger partial charge in [0.05, 0.1) is 27.1 Å². The van der Waals surface area contributed by atoms with Crippen LogP contribution in [0.2, 0.25) is 0 Å².